The first-order valence-corrected chi connectivity index (χ1v) is 17.1. The molecule has 2 heterocycles. The largest absolute Gasteiger partial charge is 0.455 e. The summed E-state index contributed by atoms with van der Waals surface area (Å²) in [5.74, 6) is 0.640. The average molecular weight is 637 g/mol. The van der Waals surface area contributed by atoms with Gasteiger partial charge in [0.05, 0.1) is 22.4 Å². The zero-order chi connectivity index (χ0) is 32.8. The number of hydrogen-bond acceptors (Lipinski definition) is 3. The van der Waals surface area contributed by atoms with E-state index in [0.717, 1.165) is 50.0 Å². The number of fused-ring (bicyclic) bond motifs is 14. The summed E-state index contributed by atoms with van der Waals surface area (Å²) in [5, 5.41) is 2.15. The molecule has 7 aromatic carbocycles. The Labute approximate surface area is 289 Å². The van der Waals surface area contributed by atoms with E-state index in [-0.39, 0.29) is 0 Å². The fraction of sp³-hybridized carbons (Fsp3) is 0.0213. The van der Waals surface area contributed by atoms with Crippen LogP contribution in [-0.4, -0.2) is 9.97 Å². The van der Waals surface area contributed by atoms with Crippen LogP contribution in [0, 0.1) is 0 Å². The Morgan fingerprint density at radius 2 is 0.860 bits per heavy atom. The molecule has 0 saturated heterocycles. The van der Waals surface area contributed by atoms with Crippen LogP contribution in [-0.2, 0) is 5.41 Å². The molecule has 0 bridgehead atoms. The maximum atomic E-state index is 7.24. The molecule has 0 saturated carbocycles. The lowest BCUT2D eigenvalue weighted by Crippen LogP contribution is -2.26. The van der Waals surface area contributed by atoms with Crippen LogP contribution in [0.5, 0.6) is 0 Å². The number of benzene rings is 7. The number of furan rings is 1. The summed E-state index contributed by atoms with van der Waals surface area (Å²) in [5.41, 5.74) is 16.0. The number of hydrogen-bond donors (Lipinski definition) is 0. The first-order valence-electron chi connectivity index (χ1n) is 17.1. The molecule has 2 aromatic heterocycles. The highest BCUT2D eigenvalue weighted by Gasteiger charge is 2.53. The molecule has 0 N–H and O–H groups in total. The van der Waals surface area contributed by atoms with Gasteiger partial charge in [-0.2, -0.15) is 0 Å². The van der Waals surface area contributed by atoms with Crippen molar-refractivity contribution in [3.8, 4) is 56.2 Å². The Kier molecular flexibility index (Phi) is 5.59. The average Bonchev–Trinajstić information content (AvgIpc) is 3.83. The van der Waals surface area contributed by atoms with Crippen molar-refractivity contribution in [3.63, 3.8) is 0 Å². The van der Waals surface area contributed by atoms with Gasteiger partial charge >= 0.3 is 0 Å². The van der Waals surface area contributed by atoms with E-state index in [9.17, 15) is 0 Å². The fourth-order valence-electron chi connectivity index (χ4n) is 8.69. The highest BCUT2D eigenvalue weighted by molar-refractivity contribution is 6.13. The second-order valence-electron chi connectivity index (χ2n) is 13.2. The van der Waals surface area contributed by atoms with E-state index >= 15 is 0 Å². The van der Waals surface area contributed by atoms with Gasteiger partial charge in [-0.1, -0.05) is 152 Å². The normalized spacial score (nSPS) is 13.4. The van der Waals surface area contributed by atoms with E-state index in [1.807, 2.05) is 36.4 Å². The number of aromatic nitrogens is 2. The summed E-state index contributed by atoms with van der Waals surface area (Å²) in [7, 11) is 0. The van der Waals surface area contributed by atoms with E-state index in [2.05, 4.69) is 133 Å². The van der Waals surface area contributed by atoms with Crippen LogP contribution in [0.15, 0.2) is 174 Å². The zero-order valence-corrected chi connectivity index (χ0v) is 27.0. The SMILES string of the molecule is c1ccc(-c2cc(-c3ccccc3)nc(-c3cccc4c3oc3c5c(ccc34)-c3ccccc3C53c4ccccc4-c4ccccc43)n2)cc1. The van der Waals surface area contributed by atoms with Crippen molar-refractivity contribution in [2.75, 3.05) is 0 Å². The quantitative estimate of drug-likeness (QED) is 0.194. The molecule has 3 nitrogen and oxygen atoms in total. The molecular weight excluding hydrogens is 609 g/mol. The molecule has 0 atom stereocenters. The summed E-state index contributed by atoms with van der Waals surface area (Å²) >= 11 is 0. The van der Waals surface area contributed by atoms with E-state index in [4.69, 9.17) is 14.4 Å². The third-order valence-electron chi connectivity index (χ3n) is 10.7. The van der Waals surface area contributed by atoms with Gasteiger partial charge in [0, 0.05) is 27.5 Å². The fourth-order valence-corrected chi connectivity index (χ4v) is 8.69. The minimum Gasteiger partial charge on any atom is -0.455 e. The van der Waals surface area contributed by atoms with Crippen LogP contribution in [0.2, 0.25) is 0 Å². The van der Waals surface area contributed by atoms with Crippen molar-refractivity contribution in [1.29, 1.82) is 0 Å². The Balaban J connectivity index is 1.22. The van der Waals surface area contributed by atoms with Gasteiger partial charge in [0.1, 0.15) is 11.2 Å². The van der Waals surface area contributed by atoms with Crippen LogP contribution < -0.4 is 0 Å². The van der Waals surface area contributed by atoms with E-state index in [1.165, 1.54) is 44.5 Å². The molecular formula is C47H28N2O. The second-order valence-corrected chi connectivity index (χ2v) is 13.2. The topological polar surface area (TPSA) is 38.9 Å². The molecule has 232 valence electrons. The van der Waals surface area contributed by atoms with Gasteiger partial charge in [-0.05, 0) is 57.1 Å². The smallest absolute Gasteiger partial charge is 0.164 e. The molecule has 50 heavy (non-hydrogen) atoms. The monoisotopic (exact) mass is 636 g/mol. The molecule has 2 aliphatic carbocycles. The first-order chi connectivity index (χ1) is 24.8. The van der Waals surface area contributed by atoms with Crippen LogP contribution >= 0.6 is 0 Å². The lowest BCUT2D eigenvalue weighted by atomic mass is 9.70. The minimum atomic E-state index is -0.503. The lowest BCUT2D eigenvalue weighted by molar-refractivity contribution is 0.653. The summed E-state index contributed by atoms with van der Waals surface area (Å²) < 4.78 is 7.24. The zero-order valence-electron chi connectivity index (χ0n) is 27.0. The molecule has 0 unspecified atom stereocenters. The summed E-state index contributed by atoms with van der Waals surface area (Å²) in [6, 6.07) is 60.3. The van der Waals surface area contributed by atoms with Gasteiger partial charge in [0.25, 0.3) is 0 Å². The Morgan fingerprint density at radius 1 is 0.380 bits per heavy atom. The third kappa shape index (κ3) is 3.58. The lowest BCUT2D eigenvalue weighted by Gasteiger charge is -2.30. The molecule has 0 radical (unpaired) electrons. The summed E-state index contributed by atoms with van der Waals surface area (Å²) in [6.45, 7) is 0. The number of nitrogens with zero attached hydrogens (tertiary/aromatic N) is 2. The number of rotatable bonds is 3. The van der Waals surface area contributed by atoms with Crippen molar-refractivity contribution in [2.24, 2.45) is 0 Å². The molecule has 0 fully saturated rings. The Bertz CT molecular complexity index is 2690. The highest BCUT2D eigenvalue weighted by Crippen LogP contribution is 2.64. The van der Waals surface area contributed by atoms with Gasteiger partial charge < -0.3 is 4.42 Å². The Morgan fingerprint density at radius 3 is 1.44 bits per heavy atom. The van der Waals surface area contributed by atoms with Gasteiger partial charge in [-0.25, -0.2) is 9.97 Å². The minimum absolute atomic E-state index is 0.503. The molecule has 3 heteroatoms. The maximum Gasteiger partial charge on any atom is 0.164 e. The van der Waals surface area contributed by atoms with Crippen molar-refractivity contribution in [3.05, 3.63) is 192 Å². The standard InChI is InChI=1S/C47H28N2O/c1-3-14-29(15-4-1)41-28-42(30-16-5-2-6-17-30)49-46(48-41)37-22-13-21-35-36-27-26-34-33-20-9-12-25-40(33)47(43(34)45(36)50-44(35)37)38-23-10-7-18-31(38)32-19-8-11-24-39(32)47/h1-28H. The van der Waals surface area contributed by atoms with Gasteiger partial charge in [0.2, 0.25) is 0 Å². The van der Waals surface area contributed by atoms with E-state index in [1.54, 1.807) is 0 Å². The molecule has 2 aliphatic rings. The van der Waals surface area contributed by atoms with Crippen molar-refractivity contribution < 1.29 is 4.42 Å². The van der Waals surface area contributed by atoms with Crippen molar-refractivity contribution in [2.45, 2.75) is 5.41 Å². The summed E-state index contributed by atoms with van der Waals surface area (Å²) in [4.78, 5) is 10.4. The van der Waals surface area contributed by atoms with Crippen LogP contribution in [0.1, 0.15) is 22.3 Å². The van der Waals surface area contributed by atoms with Crippen LogP contribution in [0.25, 0.3) is 78.1 Å². The third-order valence-corrected chi connectivity index (χ3v) is 10.7. The van der Waals surface area contributed by atoms with E-state index in [0.29, 0.717) is 5.82 Å². The van der Waals surface area contributed by atoms with Crippen molar-refractivity contribution >= 4 is 21.9 Å². The van der Waals surface area contributed by atoms with Gasteiger partial charge in [-0.3, -0.25) is 0 Å². The molecule has 0 amide bonds. The molecule has 1 spiro atoms. The summed E-state index contributed by atoms with van der Waals surface area (Å²) in [6.07, 6.45) is 0. The van der Waals surface area contributed by atoms with Crippen LogP contribution in [0.3, 0.4) is 0 Å². The Hall–Kier alpha value is -6.58. The first kappa shape index (κ1) is 27.4. The van der Waals surface area contributed by atoms with Crippen LogP contribution in [0.4, 0.5) is 0 Å². The van der Waals surface area contributed by atoms with E-state index < -0.39 is 5.41 Å². The van der Waals surface area contributed by atoms with Crippen molar-refractivity contribution in [1.82, 2.24) is 9.97 Å². The highest BCUT2D eigenvalue weighted by atomic mass is 16.3. The van der Waals surface area contributed by atoms with Gasteiger partial charge in [-0.15, -0.1) is 0 Å². The second kappa shape index (κ2) is 10.2. The van der Waals surface area contributed by atoms with Gasteiger partial charge in [0.15, 0.2) is 5.82 Å². The maximum absolute atomic E-state index is 7.24. The number of para-hydroxylation sites is 1. The predicted molar refractivity (Wildman–Crippen MR) is 202 cm³/mol. The predicted octanol–water partition coefficient (Wildman–Crippen LogP) is 11.7. The molecule has 9 aromatic rings. The molecule has 0 aliphatic heterocycles. The molecule has 11 rings (SSSR count).